The van der Waals surface area contributed by atoms with Gasteiger partial charge in [0.05, 0.1) is 14.7 Å². The van der Waals surface area contributed by atoms with Crippen LogP contribution in [0.1, 0.15) is 56.3 Å². The van der Waals surface area contributed by atoms with Crippen LogP contribution in [0.15, 0.2) is 20.4 Å². The molecule has 2 N–H and O–H groups in total. The van der Waals surface area contributed by atoms with Crippen molar-refractivity contribution in [2.24, 2.45) is 11.3 Å². The van der Waals surface area contributed by atoms with Crippen molar-refractivity contribution >= 4 is 60.9 Å². The molecule has 1 aromatic rings. The highest BCUT2D eigenvalue weighted by molar-refractivity contribution is 9.13. The SMILES string of the molecule is Cc1c(C(=O)N2CC=CC(NC(=O)[C@H](CC(C)C)NC(=O)C(C)(C)C)C2)sc(Br)c1Br. The van der Waals surface area contributed by atoms with E-state index in [2.05, 4.69) is 42.5 Å². The fourth-order valence-corrected chi connectivity index (χ4v) is 5.40. The van der Waals surface area contributed by atoms with E-state index in [9.17, 15) is 14.4 Å². The first-order valence-electron chi connectivity index (χ1n) is 10.3. The zero-order valence-corrected chi connectivity index (χ0v) is 22.8. The lowest BCUT2D eigenvalue weighted by atomic mass is 9.94. The molecule has 3 amide bonds. The Morgan fingerprint density at radius 1 is 1.26 bits per heavy atom. The van der Waals surface area contributed by atoms with E-state index in [-0.39, 0.29) is 29.7 Å². The third-order valence-corrected chi connectivity index (χ3v) is 8.70. The van der Waals surface area contributed by atoms with Gasteiger partial charge in [-0.3, -0.25) is 14.4 Å². The van der Waals surface area contributed by atoms with Crippen molar-refractivity contribution in [3.05, 3.63) is 30.9 Å². The molecule has 0 saturated heterocycles. The molecule has 1 aliphatic rings. The third kappa shape index (κ3) is 6.89. The Labute approximate surface area is 205 Å². The van der Waals surface area contributed by atoms with Crippen molar-refractivity contribution in [1.82, 2.24) is 15.5 Å². The maximum Gasteiger partial charge on any atom is 0.264 e. The predicted octanol–water partition coefficient (Wildman–Crippen LogP) is 4.66. The van der Waals surface area contributed by atoms with E-state index in [1.807, 2.05) is 53.7 Å². The van der Waals surface area contributed by atoms with Gasteiger partial charge in [-0.15, -0.1) is 11.3 Å². The summed E-state index contributed by atoms with van der Waals surface area (Å²) >= 11 is 8.36. The Kier molecular flexibility index (Phi) is 8.93. The van der Waals surface area contributed by atoms with Crippen molar-refractivity contribution in [1.29, 1.82) is 0 Å². The number of hydrogen-bond acceptors (Lipinski definition) is 4. The van der Waals surface area contributed by atoms with Gasteiger partial charge in [0.2, 0.25) is 11.8 Å². The lowest BCUT2D eigenvalue weighted by molar-refractivity contribution is -0.134. The van der Waals surface area contributed by atoms with E-state index in [1.54, 1.807) is 4.90 Å². The standard InChI is InChI=1S/C22H31Br2N3O3S/c1-12(2)10-15(26-21(30)22(4,5)6)19(28)25-14-8-7-9-27(11-14)20(29)17-13(3)16(23)18(24)31-17/h7-8,12,14-15H,9-11H2,1-6H3,(H,25,28)(H,26,30)/t14?,15-/m0/s1. The van der Waals surface area contributed by atoms with E-state index in [1.165, 1.54) is 11.3 Å². The molecule has 172 valence electrons. The monoisotopic (exact) mass is 575 g/mol. The van der Waals surface area contributed by atoms with Gasteiger partial charge >= 0.3 is 0 Å². The molecule has 0 radical (unpaired) electrons. The molecule has 31 heavy (non-hydrogen) atoms. The van der Waals surface area contributed by atoms with Crippen LogP contribution < -0.4 is 10.6 Å². The van der Waals surface area contributed by atoms with Gasteiger partial charge in [0.25, 0.3) is 5.91 Å². The molecule has 0 bridgehead atoms. The smallest absolute Gasteiger partial charge is 0.264 e. The Bertz CT molecular complexity index is 874. The first kappa shape index (κ1) is 26.1. The molecule has 9 heteroatoms. The molecule has 0 fully saturated rings. The molecular weight excluding hydrogens is 546 g/mol. The largest absolute Gasteiger partial charge is 0.346 e. The Morgan fingerprint density at radius 3 is 2.42 bits per heavy atom. The second kappa shape index (κ2) is 10.6. The zero-order valence-electron chi connectivity index (χ0n) is 18.8. The molecule has 2 heterocycles. The van der Waals surface area contributed by atoms with Gasteiger partial charge in [-0.1, -0.05) is 46.8 Å². The van der Waals surface area contributed by atoms with Gasteiger partial charge in [-0.2, -0.15) is 0 Å². The lowest BCUT2D eigenvalue weighted by Gasteiger charge is -2.31. The maximum atomic E-state index is 13.0. The molecule has 2 rings (SSSR count). The summed E-state index contributed by atoms with van der Waals surface area (Å²) < 4.78 is 1.78. The quantitative estimate of drug-likeness (QED) is 0.484. The van der Waals surface area contributed by atoms with Crippen molar-refractivity contribution in [3.8, 4) is 0 Å². The molecule has 6 nitrogen and oxygen atoms in total. The molecule has 1 unspecified atom stereocenters. The summed E-state index contributed by atoms with van der Waals surface area (Å²) in [4.78, 5) is 40.9. The molecule has 0 saturated carbocycles. The minimum atomic E-state index is -0.613. The van der Waals surface area contributed by atoms with Gasteiger partial charge in [0.15, 0.2) is 0 Å². The summed E-state index contributed by atoms with van der Waals surface area (Å²) in [7, 11) is 0. The second-order valence-corrected chi connectivity index (χ2v) is 12.4. The first-order valence-corrected chi connectivity index (χ1v) is 12.7. The van der Waals surface area contributed by atoms with Crippen LogP contribution in [0.4, 0.5) is 0 Å². The summed E-state index contributed by atoms with van der Waals surface area (Å²) in [5, 5.41) is 5.89. The normalized spacial score (nSPS) is 17.6. The first-order chi connectivity index (χ1) is 14.3. The van der Waals surface area contributed by atoms with Gasteiger partial charge in [-0.05, 0) is 56.7 Å². The minimum Gasteiger partial charge on any atom is -0.346 e. The van der Waals surface area contributed by atoms with Crippen molar-refractivity contribution < 1.29 is 14.4 Å². The number of nitrogens with one attached hydrogen (secondary N) is 2. The van der Waals surface area contributed by atoms with Crippen LogP contribution in [-0.2, 0) is 9.59 Å². The van der Waals surface area contributed by atoms with Crippen LogP contribution in [0.2, 0.25) is 0 Å². The van der Waals surface area contributed by atoms with Gasteiger partial charge in [-0.25, -0.2) is 0 Å². The molecule has 2 atom stereocenters. The average molecular weight is 577 g/mol. The van der Waals surface area contributed by atoms with Crippen LogP contribution >= 0.6 is 43.2 Å². The molecular formula is C22H31Br2N3O3S. The fourth-order valence-electron chi connectivity index (χ4n) is 3.15. The van der Waals surface area contributed by atoms with Crippen molar-refractivity contribution in [2.75, 3.05) is 13.1 Å². The summed E-state index contributed by atoms with van der Waals surface area (Å²) in [6.07, 6.45) is 4.35. The molecule has 1 aromatic heterocycles. The van der Waals surface area contributed by atoms with Crippen LogP contribution in [-0.4, -0.2) is 47.8 Å². The van der Waals surface area contributed by atoms with E-state index >= 15 is 0 Å². The predicted molar refractivity (Wildman–Crippen MR) is 132 cm³/mol. The van der Waals surface area contributed by atoms with Crippen molar-refractivity contribution in [3.63, 3.8) is 0 Å². The number of rotatable bonds is 6. The third-order valence-electron chi connectivity index (χ3n) is 4.96. The van der Waals surface area contributed by atoms with Gasteiger partial charge in [0.1, 0.15) is 6.04 Å². The number of hydrogen-bond donors (Lipinski definition) is 2. The Morgan fingerprint density at radius 2 is 1.90 bits per heavy atom. The number of nitrogens with zero attached hydrogens (tertiary/aromatic N) is 1. The summed E-state index contributed by atoms with van der Waals surface area (Å²) in [5.41, 5.74) is 0.323. The van der Waals surface area contributed by atoms with Gasteiger partial charge < -0.3 is 15.5 Å². The van der Waals surface area contributed by atoms with Crippen molar-refractivity contribution in [2.45, 2.75) is 60.0 Å². The van der Waals surface area contributed by atoms with Crippen LogP contribution in [0.3, 0.4) is 0 Å². The van der Waals surface area contributed by atoms with E-state index in [0.29, 0.717) is 24.4 Å². The van der Waals surface area contributed by atoms with Crippen LogP contribution in [0, 0.1) is 18.3 Å². The molecule has 0 spiro atoms. The number of carbonyl (C=O) groups excluding carboxylic acids is 3. The fraction of sp³-hybridized carbons (Fsp3) is 0.591. The van der Waals surface area contributed by atoms with Crippen LogP contribution in [0.25, 0.3) is 0 Å². The van der Waals surface area contributed by atoms with E-state index in [4.69, 9.17) is 0 Å². The summed E-state index contributed by atoms with van der Waals surface area (Å²) in [6, 6.07) is -0.920. The van der Waals surface area contributed by atoms with Gasteiger partial charge in [0, 0.05) is 23.0 Å². The minimum absolute atomic E-state index is 0.0581. The second-order valence-electron chi connectivity index (χ2n) is 9.30. The average Bonchev–Trinajstić information content (AvgIpc) is 2.93. The highest BCUT2D eigenvalue weighted by Crippen LogP contribution is 2.37. The number of halogens is 2. The zero-order chi connectivity index (χ0) is 23.5. The van der Waals surface area contributed by atoms with E-state index in [0.717, 1.165) is 13.8 Å². The van der Waals surface area contributed by atoms with Crippen LogP contribution in [0.5, 0.6) is 0 Å². The lowest BCUT2D eigenvalue weighted by Crippen LogP contribution is -2.54. The number of carbonyl (C=O) groups is 3. The number of amides is 3. The molecule has 0 aromatic carbocycles. The molecule has 0 aliphatic carbocycles. The summed E-state index contributed by atoms with van der Waals surface area (Å²) in [5.74, 6) is -0.200. The highest BCUT2D eigenvalue weighted by atomic mass is 79.9. The Hall–Kier alpha value is -1.19. The van der Waals surface area contributed by atoms with E-state index < -0.39 is 11.5 Å². The Balaban J connectivity index is 2.08. The molecule has 1 aliphatic heterocycles. The number of thiophene rings is 1. The topological polar surface area (TPSA) is 78.5 Å². The highest BCUT2D eigenvalue weighted by Gasteiger charge is 2.31. The summed E-state index contributed by atoms with van der Waals surface area (Å²) in [6.45, 7) is 12.3. The maximum absolute atomic E-state index is 13.0.